The third-order valence-electron chi connectivity index (χ3n) is 4.72. The second kappa shape index (κ2) is 7.20. The van der Waals surface area contributed by atoms with Crippen LogP contribution in [0, 0.1) is 5.82 Å². The van der Waals surface area contributed by atoms with Gasteiger partial charge in [0.2, 0.25) is 5.91 Å². The maximum Gasteiger partial charge on any atom is 0.257 e. The number of nitrogens with zero attached hydrogens (tertiary/aromatic N) is 2. The third kappa shape index (κ3) is 3.23. The summed E-state index contributed by atoms with van der Waals surface area (Å²) in [5.74, 6) is -0.556. The van der Waals surface area contributed by atoms with E-state index in [1.807, 2.05) is 4.90 Å². The monoisotopic (exact) mass is 334 g/mol. The number of para-hydroxylation sites is 1. The molecule has 0 radical (unpaired) electrons. The Morgan fingerprint density at radius 1 is 1.33 bits per heavy atom. The standard InChI is InChI=1S/C18H23FN2O3/c1-2-24-17-14(7-3-8-15(17)19)18(23)20-10-4-6-13(12-20)21-11-5-9-16(21)22/h3,7-8,13H,2,4-6,9-12H2,1H3. The average Bonchev–Trinajstić information content (AvgIpc) is 3.02. The molecule has 0 bridgehead atoms. The predicted octanol–water partition coefficient (Wildman–Crippen LogP) is 2.45. The van der Waals surface area contributed by atoms with Gasteiger partial charge in [0.15, 0.2) is 11.6 Å². The van der Waals surface area contributed by atoms with Gasteiger partial charge < -0.3 is 14.5 Å². The van der Waals surface area contributed by atoms with E-state index in [-0.39, 0.29) is 29.2 Å². The molecule has 24 heavy (non-hydrogen) atoms. The quantitative estimate of drug-likeness (QED) is 0.850. The van der Waals surface area contributed by atoms with Gasteiger partial charge in [-0.25, -0.2) is 4.39 Å². The smallest absolute Gasteiger partial charge is 0.257 e. The van der Waals surface area contributed by atoms with Crippen molar-refractivity contribution in [3.05, 3.63) is 29.6 Å². The second-order valence-electron chi connectivity index (χ2n) is 6.29. The van der Waals surface area contributed by atoms with Crippen LogP contribution in [0.5, 0.6) is 5.75 Å². The van der Waals surface area contributed by atoms with Crippen molar-refractivity contribution >= 4 is 11.8 Å². The molecule has 2 saturated heterocycles. The summed E-state index contributed by atoms with van der Waals surface area (Å²) in [6, 6.07) is 4.49. The number of likely N-dealkylation sites (tertiary alicyclic amines) is 2. The van der Waals surface area contributed by atoms with E-state index in [1.165, 1.54) is 12.1 Å². The lowest BCUT2D eigenvalue weighted by Crippen LogP contribution is -2.50. The molecule has 2 amide bonds. The number of amides is 2. The summed E-state index contributed by atoms with van der Waals surface area (Å²) in [4.78, 5) is 28.4. The fourth-order valence-corrected chi connectivity index (χ4v) is 3.59. The van der Waals surface area contributed by atoms with Crippen LogP contribution in [0.15, 0.2) is 18.2 Å². The Balaban J connectivity index is 1.77. The van der Waals surface area contributed by atoms with Crippen LogP contribution < -0.4 is 4.74 Å². The predicted molar refractivity (Wildman–Crippen MR) is 87.4 cm³/mol. The van der Waals surface area contributed by atoms with Gasteiger partial charge in [0.05, 0.1) is 12.2 Å². The average molecular weight is 334 g/mol. The zero-order valence-electron chi connectivity index (χ0n) is 14.0. The molecule has 0 N–H and O–H groups in total. The summed E-state index contributed by atoms with van der Waals surface area (Å²) in [5.41, 5.74) is 0.255. The molecule has 1 unspecified atom stereocenters. The van der Waals surface area contributed by atoms with Crippen molar-refractivity contribution in [3.8, 4) is 5.75 Å². The molecule has 1 aromatic carbocycles. The summed E-state index contributed by atoms with van der Waals surface area (Å²) < 4.78 is 19.3. The second-order valence-corrected chi connectivity index (χ2v) is 6.29. The number of ether oxygens (including phenoxy) is 1. The maximum atomic E-state index is 14.0. The molecule has 2 aliphatic heterocycles. The highest BCUT2D eigenvalue weighted by atomic mass is 19.1. The Morgan fingerprint density at radius 2 is 2.17 bits per heavy atom. The number of hydrogen-bond donors (Lipinski definition) is 0. The minimum atomic E-state index is -0.522. The van der Waals surface area contributed by atoms with Crippen molar-refractivity contribution in [3.63, 3.8) is 0 Å². The van der Waals surface area contributed by atoms with Crippen molar-refractivity contribution in [2.24, 2.45) is 0 Å². The van der Waals surface area contributed by atoms with Gasteiger partial charge in [0.1, 0.15) is 0 Å². The fraction of sp³-hybridized carbons (Fsp3) is 0.556. The summed E-state index contributed by atoms with van der Waals surface area (Å²) >= 11 is 0. The van der Waals surface area contributed by atoms with Crippen LogP contribution in [0.2, 0.25) is 0 Å². The first-order valence-electron chi connectivity index (χ1n) is 8.62. The number of benzene rings is 1. The van der Waals surface area contributed by atoms with Gasteiger partial charge >= 0.3 is 0 Å². The van der Waals surface area contributed by atoms with Crippen molar-refractivity contribution in [1.82, 2.24) is 9.80 Å². The van der Waals surface area contributed by atoms with E-state index in [9.17, 15) is 14.0 Å². The lowest BCUT2D eigenvalue weighted by atomic mass is 10.0. The van der Waals surface area contributed by atoms with Crippen LogP contribution in [-0.2, 0) is 4.79 Å². The normalized spacial score (nSPS) is 21.2. The summed E-state index contributed by atoms with van der Waals surface area (Å²) in [6.45, 7) is 3.96. The molecule has 5 nitrogen and oxygen atoms in total. The molecule has 0 aromatic heterocycles. The Labute approximate surface area is 141 Å². The Kier molecular flexibility index (Phi) is 5.02. The third-order valence-corrected chi connectivity index (χ3v) is 4.72. The number of piperidine rings is 1. The highest BCUT2D eigenvalue weighted by Crippen LogP contribution is 2.27. The van der Waals surface area contributed by atoms with Crippen LogP contribution in [0.3, 0.4) is 0 Å². The zero-order valence-corrected chi connectivity index (χ0v) is 14.0. The minimum absolute atomic E-state index is 0.0179. The van der Waals surface area contributed by atoms with Gasteiger partial charge in [-0.2, -0.15) is 0 Å². The van der Waals surface area contributed by atoms with Gasteiger partial charge in [-0.3, -0.25) is 9.59 Å². The lowest BCUT2D eigenvalue weighted by Gasteiger charge is -2.37. The van der Waals surface area contributed by atoms with E-state index >= 15 is 0 Å². The molecule has 6 heteroatoms. The van der Waals surface area contributed by atoms with E-state index in [0.29, 0.717) is 26.1 Å². The Hall–Kier alpha value is -2.11. The molecular weight excluding hydrogens is 311 g/mol. The van der Waals surface area contributed by atoms with E-state index in [2.05, 4.69) is 0 Å². The van der Waals surface area contributed by atoms with Crippen molar-refractivity contribution in [2.45, 2.75) is 38.6 Å². The summed E-state index contributed by atoms with van der Waals surface area (Å²) in [7, 11) is 0. The molecular formula is C18H23FN2O3. The topological polar surface area (TPSA) is 49.9 Å². The van der Waals surface area contributed by atoms with Gasteiger partial charge in [0.25, 0.3) is 5.91 Å². The first-order chi connectivity index (χ1) is 11.6. The summed E-state index contributed by atoms with van der Waals surface area (Å²) in [5, 5.41) is 0. The summed E-state index contributed by atoms with van der Waals surface area (Å²) in [6.07, 6.45) is 3.25. The van der Waals surface area contributed by atoms with Gasteiger partial charge in [-0.1, -0.05) is 6.07 Å². The zero-order chi connectivity index (χ0) is 17.1. The van der Waals surface area contributed by atoms with Crippen LogP contribution in [0.1, 0.15) is 43.0 Å². The fourth-order valence-electron chi connectivity index (χ4n) is 3.59. The molecule has 0 saturated carbocycles. The molecule has 2 fully saturated rings. The van der Waals surface area contributed by atoms with Crippen molar-refractivity contribution < 1.29 is 18.7 Å². The number of carbonyl (C=O) groups excluding carboxylic acids is 2. The molecule has 0 aliphatic carbocycles. The molecule has 1 aromatic rings. The van der Waals surface area contributed by atoms with Crippen LogP contribution in [-0.4, -0.2) is 53.9 Å². The Morgan fingerprint density at radius 3 is 2.88 bits per heavy atom. The van der Waals surface area contributed by atoms with Crippen LogP contribution in [0.25, 0.3) is 0 Å². The molecule has 2 heterocycles. The molecule has 130 valence electrons. The van der Waals surface area contributed by atoms with Crippen LogP contribution in [0.4, 0.5) is 4.39 Å². The first-order valence-corrected chi connectivity index (χ1v) is 8.62. The molecule has 3 rings (SSSR count). The largest absolute Gasteiger partial charge is 0.490 e. The first kappa shape index (κ1) is 16.7. The van der Waals surface area contributed by atoms with Crippen molar-refractivity contribution in [2.75, 3.05) is 26.2 Å². The van der Waals surface area contributed by atoms with Gasteiger partial charge in [0, 0.05) is 32.1 Å². The number of rotatable bonds is 4. The van der Waals surface area contributed by atoms with E-state index < -0.39 is 5.82 Å². The highest BCUT2D eigenvalue weighted by Gasteiger charge is 2.33. The van der Waals surface area contributed by atoms with E-state index in [0.717, 1.165) is 25.8 Å². The van der Waals surface area contributed by atoms with Gasteiger partial charge in [-0.05, 0) is 38.3 Å². The molecule has 1 atom stereocenters. The molecule has 2 aliphatic rings. The number of halogens is 1. The number of carbonyl (C=O) groups is 2. The SMILES string of the molecule is CCOc1c(F)cccc1C(=O)N1CCCC(N2CCCC2=O)C1. The van der Waals surface area contributed by atoms with E-state index in [4.69, 9.17) is 4.74 Å². The minimum Gasteiger partial charge on any atom is -0.490 e. The van der Waals surface area contributed by atoms with Gasteiger partial charge in [-0.15, -0.1) is 0 Å². The number of hydrogen-bond acceptors (Lipinski definition) is 3. The van der Waals surface area contributed by atoms with Crippen molar-refractivity contribution in [1.29, 1.82) is 0 Å². The Bertz CT molecular complexity index is 635. The molecule has 0 spiro atoms. The lowest BCUT2D eigenvalue weighted by molar-refractivity contribution is -0.130. The maximum absolute atomic E-state index is 14.0. The highest BCUT2D eigenvalue weighted by molar-refractivity contribution is 5.97. The van der Waals surface area contributed by atoms with E-state index in [1.54, 1.807) is 17.9 Å². The van der Waals surface area contributed by atoms with Crippen LogP contribution >= 0.6 is 0 Å².